The predicted molar refractivity (Wildman–Crippen MR) is 233 cm³/mol. The molecule has 3 aromatic carbocycles. The first kappa shape index (κ1) is 41.4. The molecule has 2 atom stereocenters. The number of pyridine rings is 1. The number of benzene rings is 3. The lowest BCUT2D eigenvalue weighted by molar-refractivity contribution is -0.146. The first-order chi connectivity index (χ1) is 28.9. The predicted octanol–water partition coefficient (Wildman–Crippen LogP) is 8.39. The molecule has 1 amide bonds. The van der Waals surface area contributed by atoms with Gasteiger partial charge in [0.1, 0.15) is 23.8 Å². The summed E-state index contributed by atoms with van der Waals surface area (Å²) in [4.78, 5) is 53.8. The molecule has 0 saturated carbocycles. The zero-order chi connectivity index (χ0) is 42.0. The zero-order valence-electron chi connectivity index (χ0n) is 35.0. The van der Waals surface area contributed by atoms with Crippen molar-refractivity contribution in [1.29, 1.82) is 0 Å². The topological polar surface area (TPSA) is 132 Å². The van der Waals surface area contributed by atoms with Gasteiger partial charge in [-0.2, -0.15) is 0 Å². The minimum Gasteiger partial charge on any atom is -0.491 e. The van der Waals surface area contributed by atoms with Crippen LogP contribution in [0.15, 0.2) is 72.8 Å². The lowest BCUT2D eigenvalue weighted by atomic mass is 9.94. The van der Waals surface area contributed by atoms with Crippen LogP contribution in [0.1, 0.15) is 90.9 Å². The first-order valence-corrected chi connectivity index (χ1v) is 21.8. The molecule has 0 spiro atoms. The van der Waals surface area contributed by atoms with E-state index in [-0.39, 0.29) is 23.7 Å². The van der Waals surface area contributed by atoms with Crippen molar-refractivity contribution in [2.45, 2.75) is 97.1 Å². The maximum atomic E-state index is 13.9. The van der Waals surface area contributed by atoms with Crippen LogP contribution in [0.2, 0.25) is 0 Å². The van der Waals surface area contributed by atoms with Gasteiger partial charge in [0, 0.05) is 36.3 Å². The second-order valence-corrected chi connectivity index (χ2v) is 17.8. The molecule has 2 bridgehead atoms. The van der Waals surface area contributed by atoms with Crippen LogP contribution in [0.25, 0.3) is 21.3 Å². The Balaban J connectivity index is 0.967. The van der Waals surface area contributed by atoms with E-state index in [0.717, 1.165) is 58.2 Å². The zero-order valence-corrected chi connectivity index (χ0v) is 35.8. The highest BCUT2D eigenvalue weighted by atomic mass is 32.1. The van der Waals surface area contributed by atoms with E-state index in [4.69, 9.17) is 23.9 Å². The van der Waals surface area contributed by atoms with Crippen LogP contribution in [0.3, 0.4) is 0 Å². The van der Waals surface area contributed by atoms with Crippen LogP contribution < -0.4 is 15.0 Å². The highest BCUT2D eigenvalue weighted by Crippen LogP contribution is 2.38. The van der Waals surface area contributed by atoms with Crippen molar-refractivity contribution in [2.24, 2.45) is 0 Å². The lowest BCUT2D eigenvalue weighted by Crippen LogP contribution is -2.48. The van der Waals surface area contributed by atoms with Crippen molar-refractivity contribution in [2.75, 3.05) is 43.1 Å². The Labute approximate surface area is 355 Å². The van der Waals surface area contributed by atoms with Gasteiger partial charge in [-0.1, -0.05) is 47.7 Å². The summed E-state index contributed by atoms with van der Waals surface area (Å²) in [6.45, 7) is 12.0. The molecule has 1 N–H and O–H groups in total. The molecule has 0 aliphatic carbocycles. The molecule has 2 unspecified atom stereocenters. The van der Waals surface area contributed by atoms with E-state index in [0.29, 0.717) is 85.8 Å². The van der Waals surface area contributed by atoms with E-state index >= 15 is 0 Å². The van der Waals surface area contributed by atoms with Gasteiger partial charge in [-0.25, -0.2) is 14.8 Å². The standard InChI is InChI=1S/C47H53N5O7S/c1-6-56-42(53)28-52-31-17-18-32(52)26-33(25-31)57-23-24-58-39-15-10-12-34(29(39)2)35-19-20-41(49-43(35)45(55)59-47(3,4)5)51-22-21-30-11-9-13-36(37(30)27-51)44(54)50-46-48-38-14-7-8-16-40(38)60-46/h7-16,19-20,31-33H,6,17-18,21-28H2,1-5H3,(H,48,50,54). The molecular formula is C47H53N5O7S. The van der Waals surface area contributed by atoms with Crippen molar-refractivity contribution < 1.29 is 33.3 Å². The van der Waals surface area contributed by atoms with E-state index in [9.17, 15) is 14.4 Å². The molecule has 2 aromatic heterocycles. The highest BCUT2D eigenvalue weighted by molar-refractivity contribution is 7.22. The third-order valence-electron chi connectivity index (χ3n) is 11.6. The van der Waals surface area contributed by atoms with Gasteiger partial charge in [-0.3, -0.25) is 19.8 Å². The summed E-state index contributed by atoms with van der Waals surface area (Å²) in [5, 5.41) is 3.57. The Bertz CT molecular complexity index is 2340. The fourth-order valence-electron chi connectivity index (χ4n) is 8.81. The van der Waals surface area contributed by atoms with Gasteiger partial charge in [0.15, 0.2) is 10.8 Å². The van der Waals surface area contributed by atoms with E-state index in [2.05, 4.69) is 26.2 Å². The summed E-state index contributed by atoms with van der Waals surface area (Å²) in [5.41, 5.74) is 5.26. The number of esters is 2. The van der Waals surface area contributed by atoms with Crippen molar-refractivity contribution in [3.05, 3.63) is 101 Å². The van der Waals surface area contributed by atoms with Crippen molar-refractivity contribution in [3.63, 3.8) is 0 Å². The molecule has 5 aromatic rings. The molecule has 2 fully saturated rings. The number of aromatic nitrogens is 2. The number of thiazole rings is 1. The molecule has 0 radical (unpaired) electrons. The van der Waals surface area contributed by atoms with Crippen molar-refractivity contribution in [3.8, 4) is 16.9 Å². The number of hydrogen-bond donors (Lipinski definition) is 1. The number of ether oxygens (including phenoxy) is 4. The van der Waals surface area contributed by atoms with Crippen LogP contribution in [0, 0.1) is 6.92 Å². The average molecular weight is 832 g/mol. The Morgan fingerprint density at radius 1 is 0.900 bits per heavy atom. The number of hydrogen-bond acceptors (Lipinski definition) is 12. The van der Waals surface area contributed by atoms with Crippen LogP contribution in [0.4, 0.5) is 10.9 Å². The van der Waals surface area contributed by atoms with Gasteiger partial charge in [-0.05, 0) is 125 Å². The quantitative estimate of drug-likeness (QED) is 0.0907. The van der Waals surface area contributed by atoms with E-state index in [1.54, 1.807) is 0 Å². The average Bonchev–Trinajstić information content (AvgIpc) is 3.73. The fraction of sp³-hybridized carbons (Fsp3) is 0.426. The lowest BCUT2D eigenvalue weighted by Gasteiger charge is -2.38. The smallest absolute Gasteiger partial charge is 0.358 e. The molecule has 3 aliphatic rings. The SMILES string of the molecule is CCOC(=O)CN1C2CCC1CC(OCCOc1cccc(-c3ccc(N4CCc5cccc(C(=O)Nc6nc7ccccc7s6)c5C4)nc3C(=O)OC(C)(C)C)c1C)C2. The third kappa shape index (κ3) is 9.18. The van der Waals surface area contributed by atoms with E-state index in [1.165, 1.54) is 11.3 Å². The molecule has 314 valence electrons. The number of nitrogens with one attached hydrogen (secondary N) is 1. The largest absolute Gasteiger partial charge is 0.491 e. The number of piperidine rings is 1. The summed E-state index contributed by atoms with van der Waals surface area (Å²) >= 11 is 1.45. The van der Waals surface area contributed by atoms with Crippen molar-refractivity contribution >= 4 is 50.3 Å². The number of anilines is 2. The minimum absolute atomic E-state index is 0.125. The van der Waals surface area contributed by atoms with Gasteiger partial charge in [0.2, 0.25) is 0 Å². The number of carbonyl (C=O) groups excluding carboxylic acids is 3. The van der Waals surface area contributed by atoms with Crippen LogP contribution in [0.5, 0.6) is 5.75 Å². The summed E-state index contributed by atoms with van der Waals surface area (Å²) in [7, 11) is 0. The summed E-state index contributed by atoms with van der Waals surface area (Å²) < 4.78 is 24.8. The molecule has 13 heteroatoms. The second-order valence-electron chi connectivity index (χ2n) is 16.7. The molecule has 5 heterocycles. The maximum Gasteiger partial charge on any atom is 0.358 e. The van der Waals surface area contributed by atoms with E-state index in [1.807, 2.05) is 101 Å². The minimum atomic E-state index is -0.737. The molecule has 2 saturated heterocycles. The molecule has 60 heavy (non-hydrogen) atoms. The number of carbonyl (C=O) groups is 3. The fourth-order valence-corrected chi connectivity index (χ4v) is 9.67. The molecule has 8 rings (SSSR count). The molecular weight excluding hydrogens is 779 g/mol. The third-order valence-corrected chi connectivity index (χ3v) is 12.5. The van der Waals surface area contributed by atoms with Crippen molar-refractivity contribution in [1.82, 2.24) is 14.9 Å². The van der Waals surface area contributed by atoms with Gasteiger partial charge in [0.05, 0.1) is 36.1 Å². The monoisotopic (exact) mass is 831 g/mol. The van der Waals surface area contributed by atoms with Crippen LogP contribution in [-0.4, -0.2) is 89.4 Å². The van der Waals surface area contributed by atoms with Crippen LogP contribution in [-0.2, 0) is 32.0 Å². The Hall–Kier alpha value is -5.37. The maximum absolute atomic E-state index is 13.9. The number of nitrogens with zero attached hydrogens (tertiary/aromatic N) is 4. The summed E-state index contributed by atoms with van der Waals surface area (Å²) in [5.74, 6) is 0.429. The Kier molecular flexibility index (Phi) is 12.2. The molecule has 3 aliphatic heterocycles. The molecule has 12 nitrogen and oxygen atoms in total. The summed E-state index contributed by atoms with van der Waals surface area (Å²) in [6.07, 6.45) is 4.77. The van der Waals surface area contributed by atoms with Crippen LogP contribution >= 0.6 is 11.3 Å². The van der Waals surface area contributed by atoms with Gasteiger partial charge >= 0.3 is 11.9 Å². The van der Waals surface area contributed by atoms with E-state index < -0.39 is 11.6 Å². The first-order valence-electron chi connectivity index (χ1n) is 21.0. The highest BCUT2D eigenvalue weighted by Gasteiger charge is 2.42. The normalized spacial score (nSPS) is 18.9. The summed E-state index contributed by atoms with van der Waals surface area (Å²) in [6, 6.07) is 24.0. The number of fused-ring (bicyclic) bond motifs is 4. The van der Waals surface area contributed by atoms with Gasteiger partial charge in [0.25, 0.3) is 5.91 Å². The number of rotatable bonds is 13. The Morgan fingerprint density at radius 3 is 2.45 bits per heavy atom. The number of para-hydroxylation sites is 1. The van der Waals surface area contributed by atoms with Gasteiger partial charge in [-0.15, -0.1) is 0 Å². The Morgan fingerprint density at radius 2 is 1.68 bits per heavy atom. The second kappa shape index (κ2) is 17.7. The van der Waals surface area contributed by atoms with Gasteiger partial charge < -0.3 is 23.8 Å². The number of amides is 1.